The summed E-state index contributed by atoms with van der Waals surface area (Å²) in [4.78, 5) is 0.138. The van der Waals surface area contributed by atoms with E-state index in [-0.39, 0.29) is 16.3 Å². The molecule has 4 nitrogen and oxygen atoms in total. The van der Waals surface area contributed by atoms with Crippen LogP contribution in [0.5, 0.6) is 0 Å². The molecule has 0 bridgehead atoms. The fourth-order valence-electron chi connectivity index (χ4n) is 1.74. The van der Waals surface area contributed by atoms with Crippen LogP contribution in [0.15, 0.2) is 53.4 Å². The molecule has 0 saturated heterocycles. The number of nitrogens with zero attached hydrogens (tertiary/aromatic N) is 1. The van der Waals surface area contributed by atoms with Crippen molar-refractivity contribution in [3.05, 3.63) is 59.7 Å². The molecule has 0 amide bonds. The minimum atomic E-state index is -3.47. The molecule has 5 heteroatoms. The molecule has 0 aromatic heterocycles. The number of benzene rings is 2. The fraction of sp³-hybridized carbons (Fsp3) is 0.0714. The average molecular weight is 272 g/mol. The Balaban J connectivity index is 2.32. The Morgan fingerprint density at radius 3 is 2.26 bits per heavy atom. The number of hydrogen-bond donors (Lipinski definition) is 1. The number of anilines is 1. The second kappa shape index (κ2) is 5.12. The first-order valence-corrected chi connectivity index (χ1v) is 7.24. The molecular formula is C14H12N2O2S. The Labute approximate surface area is 112 Å². The highest BCUT2D eigenvalue weighted by atomic mass is 32.2. The first kappa shape index (κ1) is 13.1. The Morgan fingerprint density at radius 2 is 1.68 bits per heavy atom. The molecule has 0 atom stereocenters. The molecule has 0 spiro atoms. The maximum atomic E-state index is 12.2. The molecule has 0 radical (unpaired) electrons. The van der Waals surface area contributed by atoms with Crippen molar-refractivity contribution in [3.63, 3.8) is 0 Å². The number of para-hydroxylation sites is 1. The maximum Gasteiger partial charge on any atom is 0.184 e. The number of nitriles is 1. The summed E-state index contributed by atoms with van der Waals surface area (Å²) in [6, 6.07) is 14.8. The van der Waals surface area contributed by atoms with Crippen molar-refractivity contribution in [2.45, 2.75) is 10.6 Å². The van der Waals surface area contributed by atoms with Gasteiger partial charge in [-0.3, -0.25) is 0 Å². The van der Waals surface area contributed by atoms with Crippen LogP contribution < -0.4 is 5.73 Å². The normalized spacial score (nSPS) is 10.9. The highest BCUT2D eigenvalue weighted by Gasteiger charge is 2.17. The lowest BCUT2D eigenvalue weighted by Crippen LogP contribution is -2.07. The Bertz CT molecular complexity index is 729. The number of hydrogen-bond acceptors (Lipinski definition) is 4. The van der Waals surface area contributed by atoms with Crippen LogP contribution in [0.2, 0.25) is 0 Å². The molecule has 0 aliphatic carbocycles. The molecule has 0 saturated carbocycles. The average Bonchev–Trinajstić information content (AvgIpc) is 2.39. The zero-order valence-electron chi connectivity index (χ0n) is 10.1. The number of nitrogen functional groups attached to an aromatic ring is 1. The van der Waals surface area contributed by atoms with Crippen molar-refractivity contribution in [3.8, 4) is 6.07 Å². The molecule has 0 aliphatic rings. The van der Waals surface area contributed by atoms with E-state index in [9.17, 15) is 8.42 Å². The molecule has 2 aromatic rings. The van der Waals surface area contributed by atoms with E-state index in [0.29, 0.717) is 11.1 Å². The summed E-state index contributed by atoms with van der Waals surface area (Å²) in [6.45, 7) is 0. The van der Waals surface area contributed by atoms with Gasteiger partial charge >= 0.3 is 0 Å². The largest absolute Gasteiger partial charge is 0.398 e. The Kier molecular flexibility index (Phi) is 3.54. The predicted molar refractivity (Wildman–Crippen MR) is 72.9 cm³/mol. The maximum absolute atomic E-state index is 12.2. The van der Waals surface area contributed by atoms with Crippen molar-refractivity contribution in [2.24, 2.45) is 0 Å². The fourth-order valence-corrected chi connectivity index (χ4v) is 3.24. The van der Waals surface area contributed by atoms with Crippen LogP contribution >= 0.6 is 0 Å². The standard InChI is InChI=1S/C14H12N2O2S/c15-9-11-5-7-12(8-6-11)10-19(17,18)14-4-2-1-3-13(14)16/h1-8H,10,16H2. The molecule has 19 heavy (non-hydrogen) atoms. The van der Waals surface area contributed by atoms with Gasteiger partial charge in [-0.25, -0.2) is 8.42 Å². The van der Waals surface area contributed by atoms with E-state index < -0.39 is 9.84 Å². The second-order valence-electron chi connectivity index (χ2n) is 4.11. The third-order valence-corrected chi connectivity index (χ3v) is 4.45. The number of nitrogens with two attached hydrogens (primary N) is 1. The van der Waals surface area contributed by atoms with Crippen LogP contribution in [-0.2, 0) is 15.6 Å². The van der Waals surface area contributed by atoms with Crippen LogP contribution in [-0.4, -0.2) is 8.42 Å². The molecule has 0 heterocycles. The molecule has 2 rings (SSSR count). The zero-order valence-corrected chi connectivity index (χ0v) is 10.9. The number of sulfone groups is 1. The van der Waals surface area contributed by atoms with Gasteiger partial charge in [0.05, 0.1) is 28.0 Å². The molecule has 0 unspecified atom stereocenters. The lowest BCUT2D eigenvalue weighted by atomic mass is 10.2. The van der Waals surface area contributed by atoms with Gasteiger partial charge in [-0.1, -0.05) is 24.3 Å². The summed E-state index contributed by atoms with van der Waals surface area (Å²) in [5.41, 5.74) is 7.06. The third kappa shape index (κ3) is 2.92. The first-order chi connectivity index (χ1) is 9.03. The third-order valence-electron chi connectivity index (χ3n) is 2.69. The summed E-state index contributed by atoms with van der Waals surface area (Å²) in [5, 5.41) is 8.69. The first-order valence-electron chi connectivity index (χ1n) is 5.59. The van der Waals surface area contributed by atoms with Gasteiger partial charge in [-0.2, -0.15) is 5.26 Å². The molecule has 96 valence electrons. The van der Waals surface area contributed by atoms with Crippen molar-refractivity contribution in [2.75, 3.05) is 5.73 Å². The van der Waals surface area contributed by atoms with Crippen molar-refractivity contribution in [1.82, 2.24) is 0 Å². The van der Waals surface area contributed by atoms with Crippen LogP contribution in [0.3, 0.4) is 0 Å². The van der Waals surface area contributed by atoms with E-state index in [4.69, 9.17) is 11.0 Å². The molecule has 2 N–H and O–H groups in total. The highest BCUT2D eigenvalue weighted by Crippen LogP contribution is 2.22. The van der Waals surface area contributed by atoms with Gasteiger partial charge in [0, 0.05) is 0 Å². The van der Waals surface area contributed by atoms with Gasteiger partial charge in [-0.05, 0) is 29.8 Å². The van der Waals surface area contributed by atoms with Gasteiger partial charge < -0.3 is 5.73 Å². The smallest absolute Gasteiger partial charge is 0.184 e. The SMILES string of the molecule is N#Cc1ccc(CS(=O)(=O)c2ccccc2N)cc1. The second-order valence-corrected chi connectivity index (χ2v) is 6.06. The van der Waals surface area contributed by atoms with E-state index in [1.54, 1.807) is 42.5 Å². The Morgan fingerprint density at radius 1 is 1.05 bits per heavy atom. The van der Waals surface area contributed by atoms with Crippen LogP contribution in [0.1, 0.15) is 11.1 Å². The summed E-state index contributed by atoms with van der Waals surface area (Å²) in [6.07, 6.45) is 0. The predicted octanol–water partition coefficient (Wildman–Crippen LogP) is 2.11. The van der Waals surface area contributed by atoms with Gasteiger partial charge in [0.1, 0.15) is 0 Å². The van der Waals surface area contributed by atoms with Crippen molar-refractivity contribution in [1.29, 1.82) is 5.26 Å². The zero-order chi connectivity index (χ0) is 13.9. The van der Waals surface area contributed by atoms with E-state index >= 15 is 0 Å². The minimum absolute atomic E-state index is 0.132. The summed E-state index contributed by atoms with van der Waals surface area (Å²) in [5.74, 6) is -0.132. The summed E-state index contributed by atoms with van der Waals surface area (Å²) < 4.78 is 24.5. The topological polar surface area (TPSA) is 84.0 Å². The van der Waals surface area contributed by atoms with Crippen LogP contribution in [0.4, 0.5) is 5.69 Å². The van der Waals surface area contributed by atoms with Gasteiger partial charge in [0.15, 0.2) is 9.84 Å². The summed E-state index contributed by atoms with van der Waals surface area (Å²) >= 11 is 0. The lowest BCUT2D eigenvalue weighted by Gasteiger charge is -2.07. The van der Waals surface area contributed by atoms with Gasteiger partial charge in [-0.15, -0.1) is 0 Å². The monoisotopic (exact) mass is 272 g/mol. The summed E-state index contributed by atoms with van der Waals surface area (Å²) in [7, 11) is -3.47. The van der Waals surface area contributed by atoms with Gasteiger partial charge in [0.25, 0.3) is 0 Å². The Hall–Kier alpha value is -2.32. The lowest BCUT2D eigenvalue weighted by molar-refractivity contribution is 0.595. The van der Waals surface area contributed by atoms with Crippen LogP contribution in [0.25, 0.3) is 0 Å². The highest BCUT2D eigenvalue weighted by molar-refractivity contribution is 7.90. The molecule has 2 aromatic carbocycles. The number of rotatable bonds is 3. The quantitative estimate of drug-likeness (QED) is 0.867. The minimum Gasteiger partial charge on any atom is -0.398 e. The molecule has 0 aliphatic heterocycles. The van der Waals surface area contributed by atoms with Crippen molar-refractivity contribution >= 4 is 15.5 Å². The van der Waals surface area contributed by atoms with Crippen molar-refractivity contribution < 1.29 is 8.42 Å². The van der Waals surface area contributed by atoms with E-state index in [2.05, 4.69) is 0 Å². The van der Waals surface area contributed by atoms with E-state index in [1.165, 1.54) is 6.07 Å². The molecule has 0 fully saturated rings. The van der Waals surface area contributed by atoms with Gasteiger partial charge in [0.2, 0.25) is 0 Å². The van der Waals surface area contributed by atoms with E-state index in [0.717, 1.165) is 0 Å². The van der Waals surface area contributed by atoms with Crippen LogP contribution in [0, 0.1) is 11.3 Å². The molecular weight excluding hydrogens is 260 g/mol. The van der Waals surface area contributed by atoms with E-state index in [1.807, 2.05) is 6.07 Å².